The normalized spacial score (nSPS) is 13.7. The van der Waals surface area contributed by atoms with Crippen LogP contribution in [0.5, 0.6) is 0 Å². The van der Waals surface area contributed by atoms with Crippen LogP contribution in [0.3, 0.4) is 0 Å². The van der Waals surface area contributed by atoms with Gasteiger partial charge in [-0.3, -0.25) is 0 Å². The van der Waals surface area contributed by atoms with Gasteiger partial charge in [0, 0.05) is 22.1 Å². The largest absolute Gasteiger partial charge is 0.455 e. The van der Waals surface area contributed by atoms with Gasteiger partial charge in [0.15, 0.2) is 0 Å². The fraction of sp³-hybridized carbons (Fsp3) is 0. The molecule has 2 nitrogen and oxygen atoms in total. The lowest BCUT2D eigenvalue weighted by Gasteiger charge is -2.26. The molecular formula is C46H31NO. The Morgan fingerprint density at radius 1 is 0.396 bits per heavy atom. The molecule has 9 rings (SSSR count). The first-order valence-electron chi connectivity index (χ1n) is 19.7. The predicted molar refractivity (Wildman–Crippen MR) is 202 cm³/mol. The summed E-state index contributed by atoms with van der Waals surface area (Å²) in [6.07, 6.45) is 0. The molecule has 9 aromatic rings. The van der Waals surface area contributed by atoms with Crippen molar-refractivity contribution >= 4 is 49.8 Å². The molecule has 1 heterocycles. The molecule has 0 fully saturated rings. The van der Waals surface area contributed by atoms with E-state index in [2.05, 4.69) is 0 Å². The van der Waals surface area contributed by atoms with Crippen LogP contribution in [0, 0.1) is 0 Å². The molecular weight excluding hydrogens is 583 g/mol. The van der Waals surface area contributed by atoms with Gasteiger partial charge < -0.3 is 9.32 Å². The number of fused-ring (bicyclic) bond motifs is 5. The number of hydrogen-bond donors (Lipinski definition) is 0. The van der Waals surface area contributed by atoms with Gasteiger partial charge in [0.25, 0.3) is 0 Å². The Balaban J connectivity index is 1.34. The number of hydrogen-bond acceptors (Lipinski definition) is 2. The minimum Gasteiger partial charge on any atom is -0.455 e. The van der Waals surface area contributed by atoms with Gasteiger partial charge in [0.1, 0.15) is 11.2 Å². The molecule has 0 aliphatic rings. The van der Waals surface area contributed by atoms with Crippen molar-refractivity contribution in [1.29, 1.82) is 0 Å². The van der Waals surface area contributed by atoms with Crippen LogP contribution in [0.2, 0.25) is 0 Å². The Bertz CT molecular complexity index is 2940. The first kappa shape index (κ1) is 20.7. The Labute approximate surface area is 291 Å². The lowest BCUT2D eigenvalue weighted by atomic mass is 9.99. The maximum Gasteiger partial charge on any atom is 0.143 e. The van der Waals surface area contributed by atoms with Crippen LogP contribution in [0.15, 0.2) is 192 Å². The van der Waals surface area contributed by atoms with Gasteiger partial charge in [-0.25, -0.2) is 0 Å². The van der Waals surface area contributed by atoms with Crippen molar-refractivity contribution in [2.24, 2.45) is 0 Å². The zero-order valence-electron chi connectivity index (χ0n) is 33.6. The molecule has 0 atom stereocenters. The number of rotatable bonds is 6. The Morgan fingerprint density at radius 3 is 1.54 bits per heavy atom. The highest BCUT2D eigenvalue weighted by molar-refractivity contribution is 6.19. The summed E-state index contributed by atoms with van der Waals surface area (Å²) in [7, 11) is 0. The summed E-state index contributed by atoms with van der Waals surface area (Å²) in [6.45, 7) is 0. The summed E-state index contributed by atoms with van der Waals surface area (Å²) in [6, 6.07) is 39.9. The van der Waals surface area contributed by atoms with Crippen molar-refractivity contribution < 1.29 is 15.4 Å². The Morgan fingerprint density at radius 2 is 0.917 bits per heavy atom. The summed E-state index contributed by atoms with van der Waals surface area (Å²) in [5.41, 5.74) is 4.06. The van der Waals surface area contributed by atoms with Crippen molar-refractivity contribution in [2.45, 2.75) is 0 Å². The molecule has 0 N–H and O–H groups in total. The molecule has 0 saturated carbocycles. The topological polar surface area (TPSA) is 16.4 Å². The molecule has 0 unspecified atom stereocenters. The van der Waals surface area contributed by atoms with Crippen LogP contribution in [-0.4, -0.2) is 0 Å². The van der Waals surface area contributed by atoms with E-state index in [-0.39, 0.29) is 46.7 Å². The molecule has 8 aromatic carbocycles. The molecule has 1 aromatic heterocycles. The molecule has 0 aliphatic heterocycles. The van der Waals surface area contributed by atoms with Crippen molar-refractivity contribution in [3.8, 4) is 33.4 Å². The van der Waals surface area contributed by atoms with Gasteiger partial charge in [0.2, 0.25) is 0 Å². The van der Waals surface area contributed by atoms with E-state index >= 15 is 0 Å². The first-order valence-corrected chi connectivity index (χ1v) is 15.7. The summed E-state index contributed by atoms with van der Waals surface area (Å²) in [4.78, 5) is 1.35. The van der Waals surface area contributed by atoms with Crippen LogP contribution in [0.1, 0.15) is 11.0 Å². The summed E-state index contributed by atoms with van der Waals surface area (Å²) < 4.78 is 81.5. The standard InChI is InChI=1S/C46H31NO/c1-3-10-32(11-4-1)34-18-20-35(21-19-34)37-24-29-40(30-25-37)47(39-27-22-36(23-28-39)33-12-5-2-6-13-33)43-16-9-17-44-45(43)42-31-26-38-14-7-8-15-41(38)46(42)48-44/h1-31H/i22D,23D,24D,25D,27D,28D,29D,30D. The van der Waals surface area contributed by atoms with E-state index in [0.29, 0.717) is 38.8 Å². The van der Waals surface area contributed by atoms with Crippen LogP contribution in [-0.2, 0) is 0 Å². The van der Waals surface area contributed by atoms with Crippen molar-refractivity contribution in [1.82, 2.24) is 0 Å². The van der Waals surface area contributed by atoms with E-state index in [4.69, 9.17) is 4.42 Å². The van der Waals surface area contributed by atoms with Gasteiger partial charge in [0.05, 0.1) is 22.0 Å². The lowest BCUT2D eigenvalue weighted by molar-refractivity contribution is 0.672. The predicted octanol–water partition coefficient (Wildman–Crippen LogP) is 13.2. The third-order valence-electron chi connectivity index (χ3n) is 8.62. The lowest BCUT2D eigenvalue weighted by Crippen LogP contribution is -2.10. The van der Waals surface area contributed by atoms with E-state index in [1.807, 2.05) is 78.9 Å². The fourth-order valence-electron chi connectivity index (χ4n) is 6.26. The number of nitrogens with zero attached hydrogens (tertiary/aromatic N) is 1. The number of anilines is 3. The maximum atomic E-state index is 9.52. The zero-order chi connectivity index (χ0) is 38.8. The van der Waals surface area contributed by atoms with Crippen LogP contribution in [0.4, 0.5) is 17.1 Å². The SMILES string of the molecule is [2H]c1c([2H])c(N(c2c([2H])c([2H])c(-c3ccc(-c4ccccc4)cc3)c([2H])c2[2H])c2cccc3oc4c5ccccc5ccc4c23)c([2H])c([2H])c1-c1ccccc1. The van der Waals surface area contributed by atoms with Crippen molar-refractivity contribution in [3.05, 3.63) is 188 Å². The minimum atomic E-state index is -0.410. The van der Waals surface area contributed by atoms with Crippen LogP contribution >= 0.6 is 0 Å². The third-order valence-corrected chi connectivity index (χ3v) is 8.62. The van der Waals surface area contributed by atoms with E-state index in [9.17, 15) is 11.0 Å². The summed E-state index contributed by atoms with van der Waals surface area (Å²) >= 11 is 0. The molecule has 0 aliphatic carbocycles. The average molecular weight is 622 g/mol. The van der Waals surface area contributed by atoms with Gasteiger partial charge in [-0.1, -0.05) is 145 Å². The van der Waals surface area contributed by atoms with E-state index in [0.717, 1.165) is 21.9 Å². The van der Waals surface area contributed by atoms with E-state index in [1.165, 1.54) is 4.90 Å². The molecule has 0 amide bonds. The second-order valence-electron chi connectivity index (χ2n) is 11.5. The van der Waals surface area contributed by atoms with Crippen molar-refractivity contribution in [3.63, 3.8) is 0 Å². The highest BCUT2D eigenvalue weighted by atomic mass is 16.3. The minimum absolute atomic E-state index is 0.0979. The molecule has 0 radical (unpaired) electrons. The Kier molecular flexibility index (Phi) is 5.07. The monoisotopic (exact) mass is 621 g/mol. The second kappa shape index (κ2) is 11.8. The van der Waals surface area contributed by atoms with Crippen molar-refractivity contribution in [2.75, 3.05) is 4.90 Å². The highest BCUT2D eigenvalue weighted by Gasteiger charge is 2.20. The smallest absolute Gasteiger partial charge is 0.143 e. The highest BCUT2D eigenvalue weighted by Crippen LogP contribution is 2.44. The van der Waals surface area contributed by atoms with E-state index < -0.39 is 24.2 Å². The van der Waals surface area contributed by atoms with Crippen LogP contribution < -0.4 is 4.90 Å². The van der Waals surface area contributed by atoms with Crippen LogP contribution in [0.25, 0.3) is 66.1 Å². The Hall–Kier alpha value is -6.38. The quantitative estimate of drug-likeness (QED) is 0.184. The van der Waals surface area contributed by atoms with Gasteiger partial charge >= 0.3 is 0 Å². The molecule has 0 bridgehead atoms. The number of furan rings is 1. The first-order chi connectivity index (χ1) is 27.2. The molecule has 0 spiro atoms. The van der Waals surface area contributed by atoms with Gasteiger partial charge in [-0.05, 0) is 81.1 Å². The molecule has 48 heavy (non-hydrogen) atoms. The van der Waals surface area contributed by atoms with E-state index in [1.54, 1.807) is 60.7 Å². The third kappa shape index (κ3) is 4.92. The summed E-state index contributed by atoms with van der Waals surface area (Å²) in [5.74, 6) is 0. The van der Waals surface area contributed by atoms with Gasteiger partial charge in [-0.2, -0.15) is 0 Å². The fourth-order valence-corrected chi connectivity index (χ4v) is 6.26. The summed E-state index contributed by atoms with van der Waals surface area (Å²) in [5, 5.41) is 3.07. The average Bonchev–Trinajstić information content (AvgIpc) is 3.63. The number of benzene rings is 8. The molecule has 2 heteroatoms. The maximum absolute atomic E-state index is 9.52. The molecule has 0 saturated heterocycles. The zero-order valence-corrected chi connectivity index (χ0v) is 25.6. The second-order valence-corrected chi connectivity index (χ2v) is 11.5. The molecule has 226 valence electrons. The van der Waals surface area contributed by atoms with Gasteiger partial charge in [-0.15, -0.1) is 0 Å².